The fourth-order valence-corrected chi connectivity index (χ4v) is 2.27. The molecular weight excluding hydrogens is 346 g/mol. The number of hydrogen-bond donors (Lipinski definition) is 1. The number of rotatable bonds is 10. The Hall–Kier alpha value is -3.26. The number of esters is 1. The molecule has 10 nitrogen and oxygen atoms in total. The Bertz CT molecular complexity index is 667. The Balaban J connectivity index is 2.66. The summed E-state index contributed by atoms with van der Waals surface area (Å²) in [6.45, 7) is 7.98. The molecule has 0 aromatic carbocycles. The van der Waals surface area contributed by atoms with E-state index in [1.807, 2.05) is 0 Å². The molecule has 0 bridgehead atoms. The van der Waals surface area contributed by atoms with E-state index >= 15 is 0 Å². The smallest absolute Gasteiger partial charge is 0.453 e. The Morgan fingerprint density at radius 3 is 2.42 bits per heavy atom. The molecule has 26 heavy (non-hydrogen) atoms. The maximum Gasteiger partial charge on any atom is 0.508 e. The van der Waals surface area contributed by atoms with Crippen molar-refractivity contribution >= 4 is 29.5 Å². The summed E-state index contributed by atoms with van der Waals surface area (Å²) >= 11 is 0. The first kappa shape index (κ1) is 20.8. The van der Waals surface area contributed by atoms with E-state index in [9.17, 15) is 19.2 Å². The van der Waals surface area contributed by atoms with Crippen LogP contribution in [-0.4, -0.2) is 59.7 Å². The molecule has 1 N–H and O–H groups in total. The van der Waals surface area contributed by atoms with Crippen molar-refractivity contribution in [3.05, 3.63) is 30.8 Å². The minimum atomic E-state index is -1.11. The quantitative estimate of drug-likeness (QED) is 0.111. The second kappa shape index (κ2) is 9.90. The first-order valence-corrected chi connectivity index (χ1v) is 7.63. The first-order chi connectivity index (χ1) is 12.3. The van der Waals surface area contributed by atoms with Crippen LogP contribution in [0.1, 0.15) is 13.3 Å². The molecule has 1 aliphatic rings. The lowest BCUT2D eigenvalue weighted by Gasteiger charge is -2.38. The summed E-state index contributed by atoms with van der Waals surface area (Å²) in [5.74, 6) is -3.20. The van der Waals surface area contributed by atoms with Crippen molar-refractivity contribution in [3.63, 3.8) is 0 Å². The maximum atomic E-state index is 12.1. The van der Waals surface area contributed by atoms with E-state index in [-0.39, 0.29) is 19.6 Å². The SMILES string of the molecule is C=CCOC(=O)O[C@H](C)[C@H]1C(=O)N[C@@H]1CC(=O)C(=[N+]=[N-])C(=O)OCC=C. The van der Waals surface area contributed by atoms with E-state index in [4.69, 9.17) is 10.3 Å². The summed E-state index contributed by atoms with van der Waals surface area (Å²) in [5.41, 5.74) is 8.06. The van der Waals surface area contributed by atoms with Crippen LogP contribution in [0.2, 0.25) is 0 Å². The maximum absolute atomic E-state index is 12.1. The van der Waals surface area contributed by atoms with Gasteiger partial charge in [-0.15, -0.1) is 0 Å². The second-order valence-corrected chi connectivity index (χ2v) is 5.28. The molecule has 0 aromatic rings. The Labute approximate surface area is 149 Å². The zero-order valence-electron chi connectivity index (χ0n) is 14.2. The van der Waals surface area contributed by atoms with Crippen molar-refractivity contribution in [2.75, 3.05) is 13.2 Å². The van der Waals surface area contributed by atoms with Crippen LogP contribution in [0.25, 0.3) is 5.53 Å². The van der Waals surface area contributed by atoms with Crippen molar-refractivity contribution in [3.8, 4) is 0 Å². The van der Waals surface area contributed by atoms with Gasteiger partial charge in [-0.2, -0.15) is 4.79 Å². The zero-order valence-corrected chi connectivity index (χ0v) is 14.2. The van der Waals surface area contributed by atoms with E-state index in [1.165, 1.54) is 19.1 Å². The zero-order chi connectivity index (χ0) is 19.7. The fraction of sp³-hybridized carbons (Fsp3) is 0.438. The number of nitrogens with one attached hydrogen (secondary N) is 1. The van der Waals surface area contributed by atoms with Crippen LogP contribution in [-0.2, 0) is 28.6 Å². The average molecular weight is 365 g/mol. The van der Waals surface area contributed by atoms with Crippen molar-refractivity contribution in [1.29, 1.82) is 0 Å². The predicted molar refractivity (Wildman–Crippen MR) is 86.9 cm³/mol. The molecule has 0 aromatic heterocycles. The van der Waals surface area contributed by atoms with Gasteiger partial charge in [-0.05, 0) is 6.92 Å². The molecule has 1 saturated heterocycles. The highest BCUT2D eigenvalue weighted by Crippen LogP contribution is 2.24. The molecule has 140 valence electrons. The summed E-state index contributed by atoms with van der Waals surface area (Å²) in [6, 6.07) is -0.707. The third-order valence-corrected chi connectivity index (χ3v) is 3.47. The normalized spacial score (nSPS) is 18.9. The number of β-lactam (4-membered cyclic amide) rings is 1. The van der Waals surface area contributed by atoms with Crippen LogP contribution >= 0.6 is 0 Å². The minimum absolute atomic E-state index is 0.0481. The Morgan fingerprint density at radius 1 is 1.27 bits per heavy atom. The van der Waals surface area contributed by atoms with Crippen LogP contribution in [0, 0.1) is 5.92 Å². The molecule has 1 aliphatic heterocycles. The van der Waals surface area contributed by atoms with Gasteiger partial charge in [0, 0.05) is 6.42 Å². The molecule has 0 unspecified atom stereocenters. The average Bonchev–Trinajstić information content (AvgIpc) is 2.57. The Morgan fingerprint density at radius 2 is 1.88 bits per heavy atom. The van der Waals surface area contributed by atoms with Gasteiger partial charge in [-0.3, -0.25) is 9.59 Å². The van der Waals surface area contributed by atoms with Gasteiger partial charge < -0.3 is 25.1 Å². The van der Waals surface area contributed by atoms with Crippen molar-refractivity contribution in [2.24, 2.45) is 5.92 Å². The van der Waals surface area contributed by atoms with Crippen molar-refractivity contribution in [1.82, 2.24) is 5.32 Å². The molecule has 1 fully saturated rings. The van der Waals surface area contributed by atoms with Crippen LogP contribution in [0.5, 0.6) is 0 Å². The van der Waals surface area contributed by atoms with E-state index < -0.39 is 47.6 Å². The van der Waals surface area contributed by atoms with Gasteiger partial charge in [-0.1, -0.05) is 25.3 Å². The van der Waals surface area contributed by atoms with E-state index in [2.05, 4.69) is 32.7 Å². The molecule has 1 rings (SSSR count). The van der Waals surface area contributed by atoms with Crippen molar-refractivity contribution < 1.29 is 38.2 Å². The molecule has 0 spiro atoms. The number of carbonyl (C=O) groups is 4. The number of carbonyl (C=O) groups excluding carboxylic acids is 4. The molecule has 0 radical (unpaired) electrons. The lowest BCUT2D eigenvalue weighted by atomic mass is 9.82. The second-order valence-electron chi connectivity index (χ2n) is 5.28. The number of hydrogen-bond acceptors (Lipinski definition) is 7. The summed E-state index contributed by atoms with van der Waals surface area (Å²) in [7, 11) is 0. The number of nitrogens with zero attached hydrogens (tertiary/aromatic N) is 2. The van der Waals surface area contributed by atoms with E-state index in [0.29, 0.717) is 0 Å². The largest absolute Gasteiger partial charge is 0.508 e. The summed E-state index contributed by atoms with van der Waals surface area (Å²) in [6.07, 6.45) is 0.442. The topological polar surface area (TPSA) is 144 Å². The Kier molecular flexibility index (Phi) is 7.91. The molecule has 3 atom stereocenters. The van der Waals surface area contributed by atoms with Crippen molar-refractivity contribution in [2.45, 2.75) is 25.5 Å². The van der Waals surface area contributed by atoms with Crippen LogP contribution < -0.4 is 5.32 Å². The van der Waals surface area contributed by atoms with Gasteiger partial charge >= 0.3 is 17.8 Å². The number of ether oxygens (including phenoxy) is 3. The van der Waals surface area contributed by atoms with Gasteiger partial charge in [0.05, 0.1) is 12.0 Å². The summed E-state index contributed by atoms with van der Waals surface area (Å²) in [5, 5.41) is 2.47. The lowest BCUT2D eigenvalue weighted by Crippen LogP contribution is -2.63. The van der Waals surface area contributed by atoms with Crippen LogP contribution in [0.4, 0.5) is 4.79 Å². The number of amides is 1. The minimum Gasteiger partial charge on any atom is -0.453 e. The van der Waals surface area contributed by atoms with E-state index in [0.717, 1.165) is 0 Å². The van der Waals surface area contributed by atoms with Gasteiger partial charge in [-0.25, -0.2) is 9.59 Å². The van der Waals surface area contributed by atoms with Gasteiger partial charge in [0.25, 0.3) is 5.78 Å². The first-order valence-electron chi connectivity index (χ1n) is 7.63. The van der Waals surface area contributed by atoms with Gasteiger partial charge in [0.15, 0.2) is 0 Å². The highest BCUT2D eigenvalue weighted by Gasteiger charge is 2.47. The fourth-order valence-electron chi connectivity index (χ4n) is 2.27. The molecule has 1 amide bonds. The lowest BCUT2D eigenvalue weighted by molar-refractivity contribution is -0.143. The van der Waals surface area contributed by atoms with Gasteiger partial charge in [0.2, 0.25) is 5.91 Å². The standard InChI is InChI=1S/C16H19N3O7/c1-4-6-24-15(22)13(19-17)11(20)8-10-12(14(21)18-10)9(3)26-16(23)25-7-5-2/h4-5,9-10,12H,1-2,6-8H2,3H3,(H,18,21)/t9-,10-,12-/m1/s1. The summed E-state index contributed by atoms with van der Waals surface area (Å²) < 4.78 is 14.3. The highest BCUT2D eigenvalue weighted by atomic mass is 16.7. The van der Waals surface area contributed by atoms with Crippen LogP contribution in [0.15, 0.2) is 25.3 Å². The molecule has 1 heterocycles. The summed E-state index contributed by atoms with van der Waals surface area (Å²) in [4.78, 5) is 49.5. The number of Topliss-reactive ketones (excluding diaryl/α,β-unsaturated/α-hetero) is 1. The molecule has 10 heteroatoms. The molecule has 0 aliphatic carbocycles. The monoisotopic (exact) mass is 365 g/mol. The van der Waals surface area contributed by atoms with E-state index in [1.54, 1.807) is 0 Å². The van der Waals surface area contributed by atoms with Crippen LogP contribution in [0.3, 0.4) is 0 Å². The molecular formula is C16H19N3O7. The predicted octanol–water partition coefficient (Wildman–Crippen LogP) is 0.188. The third kappa shape index (κ3) is 5.38. The molecule has 0 saturated carbocycles. The third-order valence-electron chi connectivity index (χ3n) is 3.47. The highest BCUT2D eigenvalue weighted by molar-refractivity contribution is 6.62. The number of ketones is 1. The van der Waals surface area contributed by atoms with Gasteiger partial charge in [0.1, 0.15) is 19.3 Å².